The Morgan fingerprint density at radius 1 is 1.18 bits per heavy atom. The highest BCUT2D eigenvalue weighted by Gasteiger charge is 2.32. The lowest BCUT2D eigenvalue weighted by molar-refractivity contribution is -0.115. The molecule has 0 saturated carbocycles. The van der Waals surface area contributed by atoms with Crippen molar-refractivity contribution in [2.24, 2.45) is 5.73 Å². The molecule has 3 aromatic carbocycles. The molecule has 4 N–H and O–H groups in total. The number of fused-ring (bicyclic) bond motifs is 1. The van der Waals surface area contributed by atoms with Gasteiger partial charge >= 0.3 is 0 Å². The highest BCUT2D eigenvalue weighted by atomic mass is 35.5. The Balaban J connectivity index is 1.64. The van der Waals surface area contributed by atoms with Gasteiger partial charge in [-0.15, -0.1) is 0 Å². The summed E-state index contributed by atoms with van der Waals surface area (Å²) in [6.07, 6.45) is 2.80. The molecular weight excluding hydrogens is 592 g/mol. The van der Waals surface area contributed by atoms with Gasteiger partial charge in [-0.1, -0.05) is 17.7 Å². The number of hydrogen-bond donors (Lipinski definition) is 3. The van der Waals surface area contributed by atoms with Crippen LogP contribution in [-0.4, -0.2) is 52.6 Å². The Bertz CT molecular complexity index is 1780. The number of aromatic nitrogens is 2. The molecule has 4 aromatic rings. The molecule has 0 aliphatic carbocycles. The molecule has 1 fully saturated rings. The van der Waals surface area contributed by atoms with Crippen LogP contribution >= 0.6 is 11.6 Å². The molecule has 1 aliphatic rings. The second-order valence-corrected chi connectivity index (χ2v) is 11.5. The second-order valence-electron chi connectivity index (χ2n) is 11.1. The van der Waals surface area contributed by atoms with E-state index in [0.717, 1.165) is 13.0 Å². The minimum atomic E-state index is -1.38. The summed E-state index contributed by atoms with van der Waals surface area (Å²) in [6.45, 7) is 3.91. The van der Waals surface area contributed by atoms with E-state index in [9.17, 15) is 14.3 Å². The highest BCUT2D eigenvalue weighted by molar-refractivity contribution is 6.32. The number of primary amides is 1. The SMILES string of the molecule is COc1cc2ncnc(Nc3cc(Cl)c(Oc4cccc(F)c4)cc3C(C)(C)O)c2cc1C(=C(F)C(N)=O)C1CCCN1C. The fraction of sp³-hybridized carbons (Fsp3) is 0.281. The minimum Gasteiger partial charge on any atom is -0.496 e. The first-order chi connectivity index (χ1) is 20.9. The number of amides is 1. The highest BCUT2D eigenvalue weighted by Crippen LogP contribution is 2.42. The summed E-state index contributed by atoms with van der Waals surface area (Å²) >= 11 is 6.60. The smallest absolute Gasteiger partial charge is 0.277 e. The number of carbonyl (C=O) groups is 1. The number of methoxy groups -OCH3 is 1. The van der Waals surface area contributed by atoms with E-state index < -0.39 is 29.2 Å². The molecule has 0 radical (unpaired) electrons. The summed E-state index contributed by atoms with van der Waals surface area (Å²) in [7, 11) is 3.31. The molecular formula is C32H32ClF2N5O4. The maximum atomic E-state index is 15.5. The van der Waals surface area contributed by atoms with Crippen LogP contribution in [-0.2, 0) is 10.4 Å². The number of nitrogens with one attached hydrogen (secondary N) is 1. The molecule has 9 nitrogen and oxygen atoms in total. The van der Waals surface area contributed by atoms with Crippen LogP contribution in [0.5, 0.6) is 17.2 Å². The molecule has 230 valence electrons. The van der Waals surface area contributed by atoms with Gasteiger partial charge in [0.1, 0.15) is 35.2 Å². The lowest BCUT2D eigenvalue weighted by Crippen LogP contribution is -2.28. The van der Waals surface area contributed by atoms with Gasteiger partial charge in [0.15, 0.2) is 5.83 Å². The maximum Gasteiger partial charge on any atom is 0.277 e. The van der Waals surface area contributed by atoms with E-state index in [1.54, 1.807) is 44.2 Å². The lowest BCUT2D eigenvalue weighted by Gasteiger charge is -2.25. The van der Waals surface area contributed by atoms with Crippen LogP contribution in [0, 0.1) is 5.82 Å². The molecule has 1 atom stereocenters. The molecule has 0 spiro atoms. The van der Waals surface area contributed by atoms with Crippen molar-refractivity contribution in [3.05, 3.63) is 82.7 Å². The fourth-order valence-electron chi connectivity index (χ4n) is 5.44. The number of benzene rings is 3. The third-order valence-electron chi connectivity index (χ3n) is 7.56. The minimum absolute atomic E-state index is 0.130. The number of likely N-dealkylation sites (N-methyl/N-ethyl adjacent to an activating group) is 1. The van der Waals surface area contributed by atoms with Gasteiger partial charge in [-0.25, -0.2) is 18.7 Å². The van der Waals surface area contributed by atoms with Crippen molar-refractivity contribution in [1.82, 2.24) is 14.9 Å². The molecule has 12 heteroatoms. The predicted molar refractivity (Wildman–Crippen MR) is 165 cm³/mol. The Hall–Kier alpha value is -4.32. The molecule has 1 aromatic heterocycles. The first-order valence-electron chi connectivity index (χ1n) is 13.9. The van der Waals surface area contributed by atoms with Gasteiger partial charge in [0.2, 0.25) is 0 Å². The average molecular weight is 624 g/mol. The zero-order valence-corrected chi connectivity index (χ0v) is 25.4. The van der Waals surface area contributed by atoms with Crippen molar-refractivity contribution < 1.29 is 28.2 Å². The number of aliphatic hydroxyl groups is 1. The van der Waals surface area contributed by atoms with E-state index in [0.29, 0.717) is 45.7 Å². The summed E-state index contributed by atoms with van der Waals surface area (Å²) in [5, 5.41) is 15.0. The summed E-state index contributed by atoms with van der Waals surface area (Å²) in [6, 6.07) is 11.6. The number of likely N-dealkylation sites (tertiary alicyclic amines) is 1. The second kappa shape index (κ2) is 12.4. The van der Waals surface area contributed by atoms with Crippen molar-refractivity contribution in [3.8, 4) is 17.2 Å². The average Bonchev–Trinajstić information content (AvgIpc) is 3.38. The van der Waals surface area contributed by atoms with Gasteiger partial charge in [0.25, 0.3) is 5.91 Å². The predicted octanol–water partition coefficient (Wildman–Crippen LogP) is 6.45. The largest absolute Gasteiger partial charge is 0.496 e. The Morgan fingerprint density at radius 2 is 1.95 bits per heavy atom. The van der Waals surface area contributed by atoms with Crippen molar-refractivity contribution in [2.75, 3.05) is 26.0 Å². The van der Waals surface area contributed by atoms with Gasteiger partial charge < -0.3 is 25.6 Å². The molecule has 1 unspecified atom stereocenters. The fourth-order valence-corrected chi connectivity index (χ4v) is 5.64. The van der Waals surface area contributed by atoms with Crippen LogP contribution < -0.4 is 20.5 Å². The van der Waals surface area contributed by atoms with E-state index in [4.69, 9.17) is 26.8 Å². The number of nitrogens with zero attached hydrogens (tertiary/aromatic N) is 3. The summed E-state index contributed by atoms with van der Waals surface area (Å²) < 4.78 is 40.7. The number of ether oxygens (including phenoxy) is 2. The molecule has 44 heavy (non-hydrogen) atoms. The number of hydrogen-bond acceptors (Lipinski definition) is 8. The Morgan fingerprint density at radius 3 is 2.59 bits per heavy atom. The number of carbonyl (C=O) groups excluding carboxylic acids is 1. The first kappa shape index (κ1) is 31.1. The van der Waals surface area contributed by atoms with Crippen LogP contribution in [0.3, 0.4) is 0 Å². The summed E-state index contributed by atoms with van der Waals surface area (Å²) in [5.41, 5.74) is 5.81. The van der Waals surface area contributed by atoms with E-state index in [2.05, 4.69) is 15.3 Å². The van der Waals surface area contributed by atoms with Crippen LogP contribution in [0.4, 0.5) is 20.3 Å². The molecule has 1 amide bonds. The molecule has 5 rings (SSSR count). The lowest BCUT2D eigenvalue weighted by atomic mass is 9.93. The van der Waals surface area contributed by atoms with Gasteiger partial charge in [-0.05, 0) is 70.6 Å². The third kappa shape index (κ3) is 6.30. The number of anilines is 2. The van der Waals surface area contributed by atoms with Crippen molar-refractivity contribution in [2.45, 2.75) is 38.3 Å². The van der Waals surface area contributed by atoms with Crippen molar-refractivity contribution >= 4 is 45.5 Å². The van der Waals surface area contributed by atoms with Gasteiger partial charge in [0, 0.05) is 45.9 Å². The van der Waals surface area contributed by atoms with Crippen LogP contribution in [0.25, 0.3) is 16.5 Å². The van der Waals surface area contributed by atoms with E-state index >= 15 is 4.39 Å². The number of rotatable bonds is 9. The van der Waals surface area contributed by atoms with Crippen molar-refractivity contribution in [1.29, 1.82) is 0 Å². The van der Waals surface area contributed by atoms with Gasteiger partial charge in [0.05, 0.1) is 23.3 Å². The van der Waals surface area contributed by atoms with Gasteiger partial charge in [-0.2, -0.15) is 0 Å². The van der Waals surface area contributed by atoms with E-state index in [1.165, 1.54) is 31.6 Å². The van der Waals surface area contributed by atoms with Crippen LogP contribution in [0.2, 0.25) is 5.02 Å². The number of halogens is 3. The zero-order valence-electron chi connectivity index (χ0n) is 24.6. The van der Waals surface area contributed by atoms with E-state index in [1.807, 2.05) is 11.9 Å². The normalized spacial score (nSPS) is 16.1. The monoisotopic (exact) mass is 623 g/mol. The van der Waals surface area contributed by atoms with E-state index in [-0.39, 0.29) is 22.1 Å². The first-order valence-corrected chi connectivity index (χ1v) is 14.2. The third-order valence-corrected chi connectivity index (χ3v) is 7.86. The topological polar surface area (TPSA) is 123 Å². The number of nitrogens with two attached hydrogens (primary N) is 1. The Labute approximate surface area is 258 Å². The van der Waals surface area contributed by atoms with Gasteiger partial charge in [-0.3, -0.25) is 9.69 Å². The maximum absolute atomic E-state index is 15.5. The zero-order chi connectivity index (χ0) is 31.8. The molecule has 2 heterocycles. The van der Waals surface area contributed by atoms with Crippen molar-refractivity contribution in [3.63, 3.8) is 0 Å². The van der Waals surface area contributed by atoms with Crippen LogP contribution in [0.1, 0.15) is 37.8 Å². The van der Waals surface area contributed by atoms with Crippen LogP contribution in [0.15, 0.2) is 60.7 Å². The summed E-state index contributed by atoms with van der Waals surface area (Å²) in [5.74, 6) is -1.62. The Kier molecular flexibility index (Phi) is 8.73. The molecule has 1 aliphatic heterocycles. The quantitative estimate of drug-likeness (QED) is 0.182. The molecule has 1 saturated heterocycles. The summed E-state index contributed by atoms with van der Waals surface area (Å²) in [4.78, 5) is 22.9. The standard InChI is InChI=1S/C32H32ClF2N5O4/c1-32(2,42)21-13-27(44-18-8-5-7-17(34)11-18)22(33)14-24(21)39-31-19-12-20(26(43-4)15-23(19)37-16-38-31)28(29(35)30(36)41)25-9-6-10-40(25)3/h5,7-8,11-16,25,42H,6,9-10H2,1-4H3,(H2,36,41)(H,37,38,39). The molecule has 0 bridgehead atoms.